The third-order valence-electron chi connectivity index (χ3n) is 4.00. The molecule has 24 heavy (non-hydrogen) atoms. The molecule has 0 N–H and O–H groups in total. The molecule has 3 heteroatoms. The average molecular weight is 334 g/mol. The normalized spacial score (nSPS) is 14.6. The van der Waals surface area contributed by atoms with Gasteiger partial charge in [-0.1, -0.05) is 48.2 Å². The van der Waals surface area contributed by atoms with Crippen molar-refractivity contribution >= 4 is 29.4 Å². The Hall–Kier alpha value is -2.13. The molecule has 3 rings (SSSR count). The Morgan fingerprint density at radius 2 is 1.75 bits per heavy atom. The van der Waals surface area contributed by atoms with Crippen LogP contribution in [0.4, 0.5) is 5.69 Å². The number of benzene rings is 2. The van der Waals surface area contributed by atoms with E-state index < -0.39 is 0 Å². The summed E-state index contributed by atoms with van der Waals surface area (Å²) in [6.07, 6.45) is 6.14. The van der Waals surface area contributed by atoms with Crippen molar-refractivity contribution in [1.29, 1.82) is 0 Å². The molecular formula is C21H22N2S. The lowest BCUT2D eigenvalue weighted by molar-refractivity contribution is 1.04. The van der Waals surface area contributed by atoms with Crippen LogP contribution in [0.25, 0.3) is 0 Å². The zero-order chi connectivity index (χ0) is 16.9. The molecule has 1 aliphatic rings. The van der Waals surface area contributed by atoms with Crippen molar-refractivity contribution in [2.75, 3.05) is 0 Å². The molecule has 0 bridgehead atoms. The van der Waals surface area contributed by atoms with Crippen molar-refractivity contribution in [3.05, 3.63) is 65.4 Å². The van der Waals surface area contributed by atoms with E-state index in [2.05, 4.69) is 68.2 Å². The van der Waals surface area contributed by atoms with Crippen molar-refractivity contribution in [2.45, 2.75) is 43.4 Å². The van der Waals surface area contributed by atoms with Crippen LogP contribution < -0.4 is 0 Å². The van der Waals surface area contributed by atoms with Gasteiger partial charge in [0.2, 0.25) is 0 Å². The van der Waals surface area contributed by atoms with Crippen LogP contribution in [-0.2, 0) is 0 Å². The summed E-state index contributed by atoms with van der Waals surface area (Å²) in [5.41, 5.74) is 5.73. The Kier molecular flexibility index (Phi) is 5.31. The SMILES string of the molecule is CC1=NC(C=Nc2ccccc2Sc2c(C)cccc2C)=CCC1. The minimum absolute atomic E-state index is 0.964. The van der Waals surface area contributed by atoms with Crippen molar-refractivity contribution in [1.82, 2.24) is 0 Å². The van der Waals surface area contributed by atoms with E-state index in [1.807, 2.05) is 12.3 Å². The first-order valence-electron chi connectivity index (χ1n) is 8.25. The molecule has 1 heterocycles. The summed E-state index contributed by atoms with van der Waals surface area (Å²) in [6.45, 7) is 6.39. The van der Waals surface area contributed by atoms with Gasteiger partial charge in [0.1, 0.15) is 0 Å². The van der Waals surface area contributed by atoms with E-state index in [1.165, 1.54) is 26.6 Å². The Morgan fingerprint density at radius 3 is 2.50 bits per heavy atom. The number of hydrogen-bond acceptors (Lipinski definition) is 3. The molecule has 1 aliphatic heterocycles. The standard InChI is InChI=1S/C21H22N2S/c1-15-8-6-9-16(2)21(15)24-20-13-5-4-12-19(20)22-14-18-11-7-10-17(3)23-18/h4-6,8-9,11-14H,7,10H2,1-3H3. The average Bonchev–Trinajstić information content (AvgIpc) is 2.57. The third-order valence-corrected chi connectivity index (χ3v) is 5.41. The maximum atomic E-state index is 4.70. The fourth-order valence-corrected chi connectivity index (χ4v) is 3.74. The number of aliphatic imine (C=N–C) groups is 2. The predicted molar refractivity (Wildman–Crippen MR) is 105 cm³/mol. The first-order chi connectivity index (χ1) is 11.6. The monoisotopic (exact) mass is 334 g/mol. The molecule has 0 radical (unpaired) electrons. The van der Waals surface area contributed by atoms with Crippen LogP contribution >= 0.6 is 11.8 Å². The third kappa shape index (κ3) is 4.04. The van der Waals surface area contributed by atoms with Crippen LogP contribution in [-0.4, -0.2) is 11.9 Å². The number of allylic oxidation sites excluding steroid dienone is 2. The smallest absolute Gasteiger partial charge is 0.0772 e. The second-order valence-corrected chi connectivity index (χ2v) is 7.12. The Balaban J connectivity index is 1.87. The van der Waals surface area contributed by atoms with Crippen LogP contribution in [0.1, 0.15) is 30.9 Å². The fourth-order valence-electron chi connectivity index (χ4n) is 2.69. The van der Waals surface area contributed by atoms with Crippen LogP contribution in [0.3, 0.4) is 0 Å². The predicted octanol–water partition coefficient (Wildman–Crippen LogP) is 6.30. The molecule has 0 aromatic heterocycles. The van der Waals surface area contributed by atoms with Gasteiger partial charge in [-0.25, -0.2) is 0 Å². The number of rotatable bonds is 4. The summed E-state index contributed by atoms with van der Waals surface area (Å²) in [5.74, 6) is 0. The van der Waals surface area contributed by atoms with E-state index in [0.29, 0.717) is 0 Å². The molecule has 0 fully saturated rings. The zero-order valence-electron chi connectivity index (χ0n) is 14.4. The van der Waals surface area contributed by atoms with Gasteiger partial charge in [-0.15, -0.1) is 0 Å². The second-order valence-electron chi connectivity index (χ2n) is 6.06. The maximum absolute atomic E-state index is 4.70. The Morgan fingerprint density at radius 1 is 1.00 bits per heavy atom. The topological polar surface area (TPSA) is 24.7 Å². The number of para-hydroxylation sites is 1. The van der Waals surface area contributed by atoms with E-state index in [-0.39, 0.29) is 0 Å². The maximum Gasteiger partial charge on any atom is 0.0772 e. The number of hydrogen-bond donors (Lipinski definition) is 0. The number of aryl methyl sites for hydroxylation is 2. The molecule has 2 aromatic rings. The lowest BCUT2D eigenvalue weighted by Gasteiger charge is -2.11. The van der Waals surface area contributed by atoms with Gasteiger partial charge in [-0.2, -0.15) is 0 Å². The van der Waals surface area contributed by atoms with E-state index in [4.69, 9.17) is 4.99 Å². The molecular weight excluding hydrogens is 312 g/mol. The van der Waals surface area contributed by atoms with E-state index in [9.17, 15) is 0 Å². The zero-order valence-corrected chi connectivity index (χ0v) is 15.2. The van der Waals surface area contributed by atoms with Gasteiger partial charge in [-0.3, -0.25) is 9.98 Å². The highest BCUT2D eigenvalue weighted by molar-refractivity contribution is 7.99. The van der Waals surface area contributed by atoms with Crippen molar-refractivity contribution in [3.63, 3.8) is 0 Å². The van der Waals surface area contributed by atoms with E-state index in [1.54, 1.807) is 11.8 Å². The Bertz CT molecular complexity index is 811. The summed E-state index contributed by atoms with van der Waals surface area (Å²) in [7, 11) is 0. The molecule has 0 spiro atoms. The summed E-state index contributed by atoms with van der Waals surface area (Å²) in [6, 6.07) is 14.7. The highest BCUT2D eigenvalue weighted by atomic mass is 32.2. The minimum atomic E-state index is 0.964. The summed E-state index contributed by atoms with van der Waals surface area (Å²) in [5, 5.41) is 0. The quantitative estimate of drug-likeness (QED) is 0.602. The molecule has 0 unspecified atom stereocenters. The van der Waals surface area contributed by atoms with Gasteiger partial charge in [0.05, 0.1) is 17.6 Å². The molecule has 0 amide bonds. The number of nitrogens with zero attached hydrogens (tertiary/aromatic N) is 2. The highest BCUT2D eigenvalue weighted by Crippen LogP contribution is 2.38. The molecule has 2 aromatic carbocycles. The first-order valence-corrected chi connectivity index (χ1v) is 9.06. The van der Waals surface area contributed by atoms with Gasteiger partial charge in [-0.05, 0) is 56.9 Å². The van der Waals surface area contributed by atoms with Gasteiger partial charge < -0.3 is 0 Å². The molecule has 122 valence electrons. The van der Waals surface area contributed by atoms with E-state index in [0.717, 1.165) is 24.2 Å². The fraction of sp³-hybridized carbons (Fsp3) is 0.238. The van der Waals surface area contributed by atoms with Crippen LogP contribution in [0.5, 0.6) is 0 Å². The van der Waals surface area contributed by atoms with Gasteiger partial charge in [0, 0.05) is 15.5 Å². The van der Waals surface area contributed by atoms with Crippen molar-refractivity contribution in [3.8, 4) is 0 Å². The lowest BCUT2D eigenvalue weighted by atomic mass is 10.1. The molecule has 2 nitrogen and oxygen atoms in total. The van der Waals surface area contributed by atoms with Crippen LogP contribution in [0.2, 0.25) is 0 Å². The van der Waals surface area contributed by atoms with Gasteiger partial charge in [0.25, 0.3) is 0 Å². The van der Waals surface area contributed by atoms with Gasteiger partial charge >= 0.3 is 0 Å². The summed E-state index contributed by atoms with van der Waals surface area (Å²) in [4.78, 5) is 11.7. The highest BCUT2D eigenvalue weighted by Gasteiger charge is 2.08. The second kappa shape index (κ2) is 7.63. The van der Waals surface area contributed by atoms with Gasteiger partial charge in [0.15, 0.2) is 0 Å². The Labute approximate surface area is 148 Å². The largest absolute Gasteiger partial charge is 0.257 e. The van der Waals surface area contributed by atoms with Crippen LogP contribution in [0, 0.1) is 13.8 Å². The first kappa shape index (κ1) is 16.7. The molecule has 0 aliphatic carbocycles. The summed E-state index contributed by atoms with van der Waals surface area (Å²) < 4.78 is 0. The molecule has 0 saturated heterocycles. The summed E-state index contributed by atoms with van der Waals surface area (Å²) >= 11 is 1.79. The van der Waals surface area contributed by atoms with Crippen molar-refractivity contribution in [2.24, 2.45) is 9.98 Å². The lowest BCUT2D eigenvalue weighted by Crippen LogP contribution is -1.98. The minimum Gasteiger partial charge on any atom is -0.257 e. The van der Waals surface area contributed by atoms with Crippen molar-refractivity contribution < 1.29 is 0 Å². The molecule has 0 atom stereocenters. The van der Waals surface area contributed by atoms with Crippen LogP contribution in [0.15, 0.2) is 74.0 Å². The molecule has 0 saturated carbocycles. The van der Waals surface area contributed by atoms with E-state index >= 15 is 0 Å².